The van der Waals surface area contributed by atoms with Gasteiger partial charge in [0.05, 0.1) is 27.8 Å². The van der Waals surface area contributed by atoms with Crippen LogP contribution in [0.1, 0.15) is 34.5 Å². The van der Waals surface area contributed by atoms with Gasteiger partial charge in [0.25, 0.3) is 11.5 Å². The van der Waals surface area contributed by atoms with Crippen molar-refractivity contribution in [1.82, 2.24) is 15.1 Å². The molecule has 1 aliphatic rings. The van der Waals surface area contributed by atoms with Gasteiger partial charge in [-0.25, -0.2) is 9.49 Å². The molecule has 8 heteroatoms. The zero-order chi connectivity index (χ0) is 21.3. The Labute approximate surface area is 177 Å². The minimum atomic E-state index is -0.560. The molecule has 1 aromatic heterocycles. The number of hydrogen-bond donors (Lipinski definition) is 1. The molecule has 156 valence electrons. The maximum atomic E-state index is 14.5. The van der Waals surface area contributed by atoms with Gasteiger partial charge in [-0.05, 0) is 42.7 Å². The van der Waals surface area contributed by atoms with Crippen LogP contribution in [0.5, 0.6) is 0 Å². The van der Waals surface area contributed by atoms with Crippen molar-refractivity contribution in [3.63, 3.8) is 0 Å². The van der Waals surface area contributed by atoms with Crippen LogP contribution in [0, 0.1) is 5.82 Å². The number of carbonyl (C=O) groups is 1. The summed E-state index contributed by atoms with van der Waals surface area (Å²) >= 11 is 6.31. The first-order chi connectivity index (χ1) is 14.5. The normalized spacial score (nSPS) is 15.0. The number of hydrogen-bond acceptors (Lipinski definition) is 4. The Balaban J connectivity index is 1.63. The average molecular weight is 430 g/mol. The SMILES string of the molecule is COC1CCN(C(=O)c2cc(Cc3n[nH]c(=O)c4cccc(Cl)c34)ccc2F)CC1. The molecule has 1 aliphatic heterocycles. The van der Waals surface area contributed by atoms with E-state index in [0.29, 0.717) is 46.6 Å². The van der Waals surface area contributed by atoms with E-state index in [1.807, 2.05) is 0 Å². The highest BCUT2D eigenvalue weighted by Gasteiger charge is 2.25. The van der Waals surface area contributed by atoms with Crippen LogP contribution in [-0.4, -0.2) is 47.3 Å². The molecule has 6 nitrogen and oxygen atoms in total. The number of aromatic nitrogens is 2. The van der Waals surface area contributed by atoms with E-state index in [2.05, 4.69) is 10.2 Å². The molecule has 0 aliphatic carbocycles. The summed E-state index contributed by atoms with van der Waals surface area (Å²) in [7, 11) is 1.66. The number of rotatable bonds is 4. The topological polar surface area (TPSA) is 75.3 Å². The molecule has 1 saturated heterocycles. The standard InChI is InChI=1S/C22H21ClFN3O3/c1-30-14-7-9-27(10-8-14)22(29)16-11-13(5-6-18(16)24)12-19-20-15(21(28)26-25-19)3-2-4-17(20)23/h2-6,11,14H,7-10,12H2,1H3,(H,26,28). The van der Waals surface area contributed by atoms with Gasteiger partial charge in [0.15, 0.2) is 0 Å². The second-order valence-electron chi connectivity index (χ2n) is 7.38. The van der Waals surface area contributed by atoms with Crippen LogP contribution >= 0.6 is 11.6 Å². The van der Waals surface area contributed by atoms with Gasteiger partial charge < -0.3 is 9.64 Å². The monoisotopic (exact) mass is 429 g/mol. The van der Waals surface area contributed by atoms with Crippen molar-refractivity contribution in [3.8, 4) is 0 Å². The summed E-state index contributed by atoms with van der Waals surface area (Å²) in [5.74, 6) is -0.892. The van der Waals surface area contributed by atoms with E-state index in [9.17, 15) is 14.0 Å². The molecule has 0 radical (unpaired) electrons. The van der Waals surface area contributed by atoms with E-state index < -0.39 is 5.82 Å². The molecule has 0 bridgehead atoms. The van der Waals surface area contributed by atoms with Crippen LogP contribution in [0.2, 0.25) is 5.02 Å². The minimum Gasteiger partial charge on any atom is -0.381 e. The zero-order valence-corrected chi connectivity index (χ0v) is 17.2. The second kappa shape index (κ2) is 8.53. The predicted molar refractivity (Wildman–Crippen MR) is 113 cm³/mol. The fraction of sp³-hybridized carbons (Fsp3) is 0.318. The lowest BCUT2D eigenvalue weighted by atomic mass is 10.0. The number of piperidine rings is 1. The third kappa shape index (κ3) is 3.95. The van der Waals surface area contributed by atoms with Crippen molar-refractivity contribution in [2.24, 2.45) is 0 Å². The molecular formula is C22H21ClFN3O3. The quantitative estimate of drug-likeness (QED) is 0.688. The lowest BCUT2D eigenvalue weighted by Gasteiger charge is -2.31. The lowest BCUT2D eigenvalue weighted by molar-refractivity contribution is 0.0348. The third-order valence-corrected chi connectivity index (χ3v) is 5.85. The number of nitrogens with one attached hydrogen (secondary N) is 1. The Kier molecular flexibility index (Phi) is 5.83. The van der Waals surface area contributed by atoms with Crippen LogP contribution < -0.4 is 5.56 Å². The van der Waals surface area contributed by atoms with Crippen LogP contribution in [0.4, 0.5) is 4.39 Å². The molecule has 0 unspecified atom stereocenters. The summed E-state index contributed by atoms with van der Waals surface area (Å²) in [4.78, 5) is 26.6. The number of H-pyrrole nitrogens is 1. The number of amides is 1. The van der Waals surface area contributed by atoms with Crippen LogP contribution in [-0.2, 0) is 11.2 Å². The van der Waals surface area contributed by atoms with Crippen molar-refractivity contribution in [3.05, 3.63) is 74.4 Å². The van der Waals surface area contributed by atoms with Gasteiger partial charge in [0.2, 0.25) is 0 Å². The number of nitrogens with zero attached hydrogens (tertiary/aromatic N) is 2. The minimum absolute atomic E-state index is 0.0307. The van der Waals surface area contributed by atoms with E-state index in [4.69, 9.17) is 16.3 Å². The number of methoxy groups -OCH3 is 1. The Morgan fingerprint density at radius 3 is 2.80 bits per heavy atom. The summed E-state index contributed by atoms with van der Waals surface area (Å²) < 4.78 is 19.8. The molecule has 1 N–H and O–H groups in total. The molecule has 30 heavy (non-hydrogen) atoms. The van der Waals surface area contributed by atoms with Gasteiger partial charge in [0, 0.05) is 32.0 Å². The molecule has 0 atom stereocenters. The van der Waals surface area contributed by atoms with Gasteiger partial charge in [-0.15, -0.1) is 0 Å². The number of carbonyl (C=O) groups excluding carboxylic acids is 1. The Hall–Kier alpha value is -2.77. The molecule has 2 heterocycles. The average Bonchev–Trinajstić information content (AvgIpc) is 2.77. The van der Waals surface area contributed by atoms with E-state index in [0.717, 1.165) is 12.8 Å². The fourth-order valence-corrected chi connectivity index (χ4v) is 4.16. The van der Waals surface area contributed by atoms with Gasteiger partial charge in [-0.2, -0.15) is 5.10 Å². The number of aromatic amines is 1. The maximum absolute atomic E-state index is 14.5. The van der Waals surface area contributed by atoms with Crippen LogP contribution in [0.15, 0.2) is 41.2 Å². The molecule has 4 rings (SSSR count). The molecule has 2 aromatic carbocycles. The number of ether oxygens (including phenoxy) is 1. The predicted octanol–water partition coefficient (Wildman–Crippen LogP) is 3.56. The highest BCUT2D eigenvalue weighted by molar-refractivity contribution is 6.35. The van der Waals surface area contributed by atoms with Gasteiger partial charge in [-0.3, -0.25) is 9.59 Å². The largest absolute Gasteiger partial charge is 0.381 e. The molecule has 0 spiro atoms. The van der Waals surface area contributed by atoms with Crippen molar-refractivity contribution < 1.29 is 13.9 Å². The van der Waals surface area contributed by atoms with Crippen molar-refractivity contribution in [2.45, 2.75) is 25.4 Å². The summed E-state index contributed by atoms with van der Waals surface area (Å²) in [6, 6.07) is 9.52. The first kappa shape index (κ1) is 20.5. The Morgan fingerprint density at radius 2 is 2.07 bits per heavy atom. The van der Waals surface area contributed by atoms with Crippen LogP contribution in [0.3, 0.4) is 0 Å². The third-order valence-electron chi connectivity index (χ3n) is 5.53. The first-order valence-electron chi connectivity index (χ1n) is 9.74. The lowest BCUT2D eigenvalue weighted by Crippen LogP contribution is -2.41. The van der Waals surface area contributed by atoms with Crippen molar-refractivity contribution >= 4 is 28.3 Å². The molecule has 0 saturated carbocycles. The number of benzene rings is 2. The number of likely N-dealkylation sites (tertiary alicyclic amines) is 1. The van der Waals surface area contributed by atoms with Crippen molar-refractivity contribution in [1.29, 1.82) is 0 Å². The van der Waals surface area contributed by atoms with E-state index in [1.54, 1.807) is 42.3 Å². The Morgan fingerprint density at radius 1 is 1.30 bits per heavy atom. The van der Waals surface area contributed by atoms with E-state index >= 15 is 0 Å². The van der Waals surface area contributed by atoms with E-state index in [1.165, 1.54) is 6.07 Å². The summed E-state index contributed by atoms with van der Waals surface area (Å²) in [5, 5.41) is 8.03. The van der Waals surface area contributed by atoms with Crippen LogP contribution in [0.25, 0.3) is 10.8 Å². The molecule has 3 aromatic rings. The second-order valence-corrected chi connectivity index (χ2v) is 7.79. The maximum Gasteiger partial charge on any atom is 0.272 e. The number of halogens is 2. The van der Waals surface area contributed by atoms with Gasteiger partial charge >= 0.3 is 0 Å². The first-order valence-corrected chi connectivity index (χ1v) is 10.1. The fourth-order valence-electron chi connectivity index (χ4n) is 3.87. The number of fused-ring (bicyclic) bond motifs is 1. The molecular weight excluding hydrogens is 409 g/mol. The molecule has 1 fully saturated rings. The highest BCUT2D eigenvalue weighted by atomic mass is 35.5. The van der Waals surface area contributed by atoms with Gasteiger partial charge in [-0.1, -0.05) is 23.7 Å². The summed E-state index contributed by atoms with van der Waals surface area (Å²) in [6.07, 6.45) is 1.89. The van der Waals surface area contributed by atoms with Gasteiger partial charge in [0.1, 0.15) is 5.82 Å². The van der Waals surface area contributed by atoms with E-state index in [-0.39, 0.29) is 23.1 Å². The van der Waals surface area contributed by atoms with Crippen molar-refractivity contribution in [2.75, 3.05) is 20.2 Å². The highest BCUT2D eigenvalue weighted by Crippen LogP contribution is 2.26. The summed E-state index contributed by atoms with van der Waals surface area (Å²) in [6.45, 7) is 1.06. The zero-order valence-electron chi connectivity index (χ0n) is 16.5. The smallest absolute Gasteiger partial charge is 0.272 e. The summed E-state index contributed by atoms with van der Waals surface area (Å²) in [5.41, 5.74) is 0.960. The molecule has 1 amide bonds. The Bertz CT molecular complexity index is 1160.